The normalized spacial score (nSPS) is 24.1. The third kappa shape index (κ3) is 4.02. The number of carbonyl (C=O) groups excluding carboxylic acids is 3. The second-order valence-corrected chi connectivity index (χ2v) is 9.21. The zero-order chi connectivity index (χ0) is 22.9. The van der Waals surface area contributed by atoms with Crippen LogP contribution in [0.15, 0.2) is 18.2 Å². The van der Waals surface area contributed by atoms with Gasteiger partial charge in [0.15, 0.2) is 11.5 Å². The Bertz CT molecular complexity index is 896. The van der Waals surface area contributed by atoms with Crippen molar-refractivity contribution in [2.24, 2.45) is 11.8 Å². The van der Waals surface area contributed by atoms with Crippen LogP contribution in [0.3, 0.4) is 0 Å². The molecule has 2 atom stereocenters. The number of rotatable bonds is 7. The van der Waals surface area contributed by atoms with E-state index in [1.807, 2.05) is 24.0 Å². The van der Waals surface area contributed by atoms with Gasteiger partial charge in [-0.2, -0.15) is 0 Å². The summed E-state index contributed by atoms with van der Waals surface area (Å²) in [7, 11) is 0. The Balaban J connectivity index is 1.43. The van der Waals surface area contributed by atoms with Gasteiger partial charge in [0.2, 0.25) is 12.7 Å². The summed E-state index contributed by atoms with van der Waals surface area (Å²) >= 11 is 0. The molecule has 8 heteroatoms. The summed E-state index contributed by atoms with van der Waals surface area (Å²) in [4.78, 5) is 42.1. The van der Waals surface area contributed by atoms with Crippen molar-refractivity contribution in [1.29, 1.82) is 0 Å². The summed E-state index contributed by atoms with van der Waals surface area (Å²) in [6.45, 7) is 7.77. The maximum Gasteiger partial charge on any atom is 0.325 e. The van der Waals surface area contributed by atoms with E-state index < -0.39 is 5.54 Å². The average Bonchev–Trinajstić information content (AvgIpc) is 3.37. The number of imide groups is 1. The molecular weight excluding hydrogens is 410 g/mol. The Morgan fingerprint density at radius 2 is 1.91 bits per heavy atom. The molecule has 8 nitrogen and oxygen atoms in total. The number of urea groups is 1. The highest BCUT2D eigenvalue weighted by atomic mass is 16.7. The van der Waals surface area contributed by atoms with Crippen molar-refractivity contribution in [3.05, 3.63) is 23.8 Å². The zero-order valence-electron chi connectivity index (χ0n) is 19.2. The molecule has 0 aromatic heterocycles. The van der Waals surface area contributed by atoms with Crippen molar-refractivity contribution < 1.29 is 23.9 Å². The Morgan fingerprint density at radius 3 is 2.59 bits per heavy atom. The number of piperidine rings is 1. The fourth-order valence-corrected chi connectivity index (χ4v) is 5.01. The van der Waals surface area contributed by atoms with Crippen LogP contribution in [-0.4, -0.2) is 53.1 Å². The first-order valence-corrected chi connectivity index (χ1v) is 11.7. The predicted molar refractivity (Wildman–Crippen MR) is 118 cm³/mol. The van der Waals surface area contributed by atoms with Gasteiger partial charge in [-0.15, -0.1) is 0 Å². The van der Waals surface area contributed by atoms with E-state index in [0.29, 0.717) is 56.2 Å². The van der Waals surface area contributed by atoms with Gasteiger partial charge in [-0.25, -0.2) is 4.79 Å². The van der Waals surface area contributed by atoms with E-state index in [4.69, 9.17) is 9.47 Å². The summed E-state index contributed by atoms with van der Waals surface area (Å²) in [5.41, 5.74) is -0.0886. The summed E-state index contributed by atoms with van der Waals surface area (Å²) in [5, 5.41) is 3.02. The van der Waals surface area contributed by atoms with Gasteiger partial charge in [-0.05, 0) is 48.8 Å². The van der Waals surface area contributed by atoms with Crippen LogP contribution >= 0.6 is 0 Å². The maximum absolute atomic E-state index is 13.5. The molecule has 0 bridgehead atoms. The number of carbonyl (C=O) groups is 3. The van der Waals surface area contributed by atoms with E-state index in [-0.39, 0.29) is 37.1 Å². The molecule has 0 saturated carbocycles. The van der Waals surface area contributed by atoms with Gasteiger partial charge in [0.1, 0.15) is 5.54 Å². The number of likely N-dealkylation sites (tertiary alicyclic amines) is 1. The van der Waals surface area contributed by atoms with Crippen molar-refractivity contribution in [3.63, 3.8) is 0 Å². The highest BCUT2D eigenvalue weighted by Crippen LogP contribution is 2.38. The Morgan fingerprint density at radius 1 is 1.19 bits per heavy atom. The van der Waals surface area contributed by atoms with Crippen LogP contribution in [0.1, 0.15) is 58.4 Å². The largest absolute Gasteiger partial charge is 0.454 e. The van der Waals surface area contributed by atoms with Crippen LogP contribution in [0, 0.1) is 11.8 Å². The topological polar surface area (TPSA) is 88.2 Å². The average molecular weight is 444 g/mol. The van der Waals surface area contributed by atoms with E-state index in [0.717, 1.165) is 12.0 Å². The number of nitrogens with zero attached hydrogens (tertiary/aromatic N) is 2. The first-order chi connectivity index (χ1) is 15.4. The first-order valence-electron chi connectivity index (χ1n) is 11.7. The molecule has 1 aromatic rings. The molecule has 1 aromatic carbocycles. The second kappa shape index (κ2) is 9.00. The molecule has 3 heterocycles. The van der Waals surface area contributed by atoms with Crippen molar-refractivity contribution in [2.75, 3.05) is 19.9 Å². The van der Waals surface area contributed by atoms with Crippen LogP contribution in [0.5, 0.6) is 11.5 Å². The summed E-state index contributed by atoms with van der Waals surface area (Å²) in [6, 6.07) is 5.11. The quantitative estimate of drug-likeness (QED) is 0.654. The first kappa shape index (κ1) is 22.4. The van der Waals surface area contributed by atoms with Crippen molar-refractivity contribution in [1.82, 2.24) is 15.1 Å². The molecule has 0 spiro atoms. The Labute approximate surface area is 189 Å². The lowest BCUT2D eigenvalue weighted by Gasteiger charge is -2.40. The van der Waals surface area contributed by atoms with Crippen LogP contribution in [0.2, 0.25) is 0 Å². The molecule has 1 N–H and O–H groups in total. The number of benzene rings is 1. The van der Waals surface area contributed by atoms with Gasteiger partial charge in [-0.3, -0.25) is 14.5 Å². The molecule has 3 aliphatic heterocycles. The molecule has 4 rings (SSSR count). The summed E-state index contributed by atoms with van der Waals surface area (Å²) in [5.74, 6) is 1.71. The van der Waals surface area contributed by atoms with Crippen LogP contribution < -0.4 is 14.8 Å². The maximum atomic E-state index is 13.5. The monoisotopic (exact) mass is 443 g/mol. The van der Waals surface area contributed by atoms with Gasteiger partial charge < -0.3 is 19.7 Å². The third-order valence-corrected chi connectivity index (χ3v) is 7.30. The number of ether oxygens (including phenoxy) is 2. The molecule has 32 heavy (non-hydrogen) atoms. The van der Waals surface area contributed by atoms with E-state index in [1.54, 1.807) is 6.07 Å². The van der Waals surface area contributed by atoms with Crippen LogP contribution in [-0.2, 0) is 16.1 Å². The van der Waals surface area contributed by atoms with Crippen molar-refractivity contribution in [3.8, 4) is 11.5 Å². The highest BCUT2D eigenvalue weighted by Gasteiger charge is 2.54. The van der Waals surface area contributed by atoms with Crippen molar-refractivity contribution >= 4 is 17.8 Å². The van der Waals surface area contributed by atoms with E-state index >= 15 is 0 Å². The molecule has 4 amide bonds. The number of hydrogen-bond acceptors (Lipinski definition) is 5. The van der Waals surface area contributed by atoms with Gasteiger partial charge in [0.05, 0.1) is 6.54 Å². The van der Waals surface area contributed by atoms with Crippen LogP contribution in [0.25, 0.3) is 0 Å². The minimum absolute atomic E-state index is 0.0124. The number of amides is 4. The highest BCUT2D eigenvalue weighted by molar-refractivity contribution is 6.07. The van der Waals surface area contributed by atoms with Crippen LogP contribution in [0.4, 0.5) is 4.79 Å². The van der Waals surface area contributed by atoms with Crippen molar-refractivity contribution in [2.45, 2.75) is 65.0 Å². The number of fused-ring (bicyclic) bond motifs is 1. The second-order valence-electron chi connectivity index (χ2n) is 9.21. The fraction of sp³-hybridized carbons (Fsp3) is 0.625. The molecule has 174 valence electrons. The van der Waals surface area contributed by atoms with Gasteiger partial charge in [-0.1, -0.05) is 33.3 Å². The lowest BCUT2D eigenvalue weighted by molar-refractivity contribution is -0.136. The van der Waals surface area contributed by atoms with E-state index in [9.17, 15) is 14.4 Å². The van der Waals surface area contributed by atoms with E-state index in [1.165, 1.54) is 4.90 Å². The van der Waals surface area contributed by atoms with Gasteiger partial charge in [0, 0.05) is 19.5 Å². The molecule has 0 aliphatic carbocycles. The summed E-state index contributed by atoms with van der Waals surface area (Å²) in [6.07, 6.45) is 3.51. The van der Waals surface area contributed by atoms with Gasteiger partial charge >= 0.3 is 6.03 Å². The fourth-order valence-electron chi connectivity index (χ4n) is 5.01. The molecule has 2 fully saturated rings. The lowest BCUT2D eigenvalue weighted by Crippen LogP contribution is -2.56. The lowest BCUT2D eigenvalue weighted by atomic mass is 9.75. The molecule has 0 radical (unpaired) electrons. The molecule has 0 unspecified atom stereocenters. The SMILES string of the molecule is CC[C@H](C)CC(=O)N1CCC([C@@]2(CC)NC(=O)N(Cc3ccc4c(c3)OCO4)C2=O)CC1. The third-order valence-electron chi connectivity index (χ3n) is 7.30. The number of hydrogen-bond donors (Lipinski definition) is 1. The standard InChI is InChI=1S/C24H33N3O5/c1-4-16(3)12-21(28)26-10-8-18(9-11-26)24(5-2)22(29)27(23(30)25-24)14-17-6-7-19-20(13-17)32-15-31-19/h6-7,13,16,18H,4-5,8-12,14-15H2,1-3H3,(H,25,30)/t16-,24+/m0/s1. The molecule has 3 aliphatic rings. The summed E-state index contributed by atoms with van der Waals surface area (Å²) < 4.78 is 10.8. The molecule has 2 saturated heterocycles. The van der Waals surface area contributed by atoms with Gasteiger partial charge in [0.25, 0.3) is 5.91 Å². The zero-order valence-corrected chi connectivity index (χ0v) is 19.2. The number of nitrogens with one attached hydrogen (secondary N) is 1. The van der Waals surface area contributed by atoms with E-state index in [2.05, 4.69) is 19.2 Å². The smallest absolute Gasteiger partial charge is 0.325 e. The minimum Gasteiger partial charge on any atom is -0.454 e. The predicted octanol–water partition coefficient (Wildman–Crippen LogP) is 3.29. The Hall–Kier alpha value is -2.77. The molecular formula is C24H33N3O5. The minimum atomic E-state index is -0.904. The Kier molecular flexibility index (Phi) is 6.31.